The predicted molar refractivity (Wildman–Crippen MR) is 115 cm³/mol. The van der Waals surface area contributed by atoms with Gasteiger partial charge in [0.25, 0.3) is 0 Å². The SMILES string of the molecule is CC(c1ccccc1Cl)N1CCN(C(=O)Cc2csc(N3CCCC3=O)n2)CC1. The first-order valence-corrected chi connectivity index (χ1v) is 11.3. The standard InChI is InChI=1S/C21H25ClN4O2S/c1-15(17-5-2-3-6-18(17)22)24-9-11-25(12-10-24)20(28)13-16-14-29-21(23-16)26-8-4-7-19(26)27/h2-3,5-6,14-15H,4,7-13H2,1H3. The van der Waals surface area contributed by atoms with E-state index in [1.165, 1.54) is 11.3 Å². The lowest BCUT2D eigenvalue weighted by atomic mass is 10.1. The number of hydrogen-bond acceptors (Lipinski definition) is 5. The van der Waals surface area contributed by atoms with Crippen molar-refractivity contribution in [3.8, 4) is 0 Å². The van der Waals surface area contributed by atoms with Crippen LogP contribution < -0.4 is 4.90 Å². The monoisotopic (exact) mass is 432 g/mol. The van der Waals surface area contributed by atoms with E-state index in [0.717, 1.165) is 42.3 Å². The van der Waals surface area contributed by atoms with Gasteiger partial charge in [-0.1, -0.05) is 29.8 Å². The van der Waals surface area contributed by atoms with Gasteiger partial charge in [-0.15, -0.1) is 11.3 Å². The van der Waals surface area contributed by atoms with E-state index in [1.807, 2.05) is 28.5 Å². The van der Waals surface area contributed by atoms with Crippen LogP contribution in [0.3, 0.4) is 0 Å². The van der Waals surface area contributed by atoms with Crippen LogP contribution in [-0.4, -0.2) is 59.3 Å². The van der Waals surface area contributed by atoms with E-state index in [4.69, 9.17) is 11.6 Å². The minimum Gasteiger partial charge on any atom is -0.340 e. The highest BCUT2D eigenvalue weighted by atomic mass is 35.5. The summed E-state index contributed by atoms with van der Waals surface area (Å²) in [7, 11) is 0. The van der Waals surface area contributed by atoms with Crippen molar-refractivity contribution in [1.82, 2.24) is 14.8 Å². The maximum atomic E-state index is 12.7. The minimum atomic E-state index is 0.0969. The molecule has 2 aromatic rings. The molecule has 0 N–H and O–H groups in total. The number of aromatic nitrogens is 1. The molecule has 154 valence electrons. The van der Waals surface area contributed by atoms with Gasteiger partial charge in [-0.3, -0.25) is 19.4 Å². The van der Waals surface area contributed by atoms with Crippen molar-refractivity contribution in [3.63, 3.8) is 0 Å². The number of nitrogens with zero attached hydrogens (tertiary/aromatic N) is 4. The van der Waals surface area contributed by atoms with Gasteiger partial charge >= 0.3 is 0 Å². The molecule has 0 aliphatic carbocycles. The number of rotatable bonds is 5. The van der Waals surface area contributed by atoms with Crippen LogP contribution in [0.2, 0.25) is 5.02 Å². The topological polar surface area (TPSA) is 56.8 Å². The summed E-state index contributed by atoms with van der Waals surface area (Å²) in [5.41, 5.74) is 1.88. The van der Waals surface area contributed by atoms with E-state index >= 15 is 0 Å². The van der Waals surface area contributed by atoms with Crippen LogP contribution >= 0.6 is 22.9 Å². The molecule has 2 fully saturated rings. The van der Waals surface area contributed by atoms with Crippen molar-refractivity contribution in [3.05, 3.63) is 45.9 Å². The number of carbonyl (C=O) groups excluding carboxylic acids is 2. The van der Waals surface area contributed by atoms with E-state index in [2.05, 4.69) is 22.9 Å². The number of amides is 2. The van der Waals surface area contributed by atoms with Crippen LogP contribution in [0.5, 0.6) is 0 Å². The fraction of sp³-hybridized carbons (Fsp3) is 0.476. The lowest BCUT2D eigenvalue weighted by Crippen LogP contribution is -2.49. The molecule has 1 aromatic heterocycles. The average Bonchev–Trinajstić information content (AvgIpc) is 3.36. The number of benzene rings is 1. The summed E-state index contributed by atoms with van der Waals surface area (Å²) < 4.78 is 0. The minimum absolute atomic E-state index is 0.0969. The molecule has 29 heavy (non-hydrogen) atoms. The van der Waals surface area contributed by atoms with Crippen molar-refractivity contribution in [2.45, 2.75) is 32.2 Å². The molecule has 3 heterocycles. The van der Waals surface area contributed by atoms with Crippen LogP contribution in [0.25, 0.3) is 0 Å². The quantitative estimate of drug-likeness (QED) is 0.726. The molecule has 2 amide bonds. The zero-order valence-electron chi connectivity index (χ0n) is 16.5. The number of anilines is 1. The highest BCUT2D eigenvalue weighted by Crippen LogP contribution is 2.28. The van der Waals surface area contributed by atoms with Gasteiger partial charge in [0, 0.05) is 55.6 Å². The van der Waals surface area contributed by atoms with Crippen molar-refractivity contribution in [2.24, 2.45) is 0 Å². The Morgan fingerprint density at radius 2 is 1.97 bits per heavy atom. The summed E-state index contributed by atoms with van der Waals surface area (Å²) in [6, 6.07) is 8.16. The molecule has 2 aliphatic rings. The molecule has 6 nitrogen and oxygen atoms in total. The fourth-order valence-corrected chi connectivity index (χ4v) is 5.15. The van der Waals surface area contributed by atoms with Gasteiger partial charge in [0.05, 0.1) is 12.1 Å². The van der Waals surface area contributed by atoms with Gasteiger partial charge in [0.1, 0.15) is 0 Å². The fourth-order valence-electron chi connectivity index (χ4n) is 3.99. The first-order chi connectivity index (χ1) is 14.0. The van der Waals surface area contributed by atoms with Gasteiger partial charge in [-0.2, -0.15) is 0 Å². The van der Waals surface area contributed by atoms with E-state index in [-0.39, 0.29) is 17.9 Å². The molecule has 4 rings (SSSR count). The molecule has 2 aliphatic heterocycles. The molecule has 1 unspecified atom stereocenters. The molecule has 1 atom stereocenters. The number of hydrogen-bond donors (Lipinski definition) is 0. The summed E-state index contributed by atoms with van der Waals surface area (Å²) in [5.74, 6) is 0.223. The van der Waals surface area contributed by atoms with Crippen LogP contribution in [0.4, 0.5) is 5.13 Å². The molecular formula is C21H25ClN4O2S. The summed E-state index contributed by atoms with van der Waals surface area (Å²) in [6.45, 7) is 5.94. The first kappa shape index (κ1) is 20.3. The summed E-state index contributed by atoms with van der Waals surface area (Å²) >= 11 is 7.79. The molecule has 0 spiro atoms. The molecule has 0 radical (unpaired) electrons. The summed E-state index contributed by atoms with van der Waals surface area (Å²) in [4.78, 5) is 35.1. The smallest absolute Gasteiger partial charge is 0.228 e. The Balaban J connectivity index is 1.31. The van der Waals surface area contributed by atoms with Gasteiger partial charge in [0.15, 0.2) is 5.13 Å². The largest absolute Gasteiger partial charge is 0.340 e. The van der Waals surface area contributed by atoms with Gasteiger partial charge < -0.3 is 4.90 Å². The second kappa shape index (κ2) is 8.81. The molecule has 0 saturated carbocycles. The molecule has 8 heteroatoms. The number of piperazine rings is 1. The van der Waals surface area contributed by atoms with Crippen molar-refractivity contribution >= 4 is 39.9 Å². The molecular weight excluding hydrogens is 408 g/mol. The zero-order valence-corrected chi connectivity index (χ0v) is 18.1. The van der Waals surface area contributed by atoms with Gasteiger partial charge in [0.2, 0.25) is 11.8 Å². The van der Waals surface area contributed by atoms with Gasteiger partial charge in [-0.05, 0) is 25.0 Å². The van der Waals surface area contributed by atoms with E-state index in [0.29, 0.717) is 31.1 Å². The van der Waals surface area contributed by atoms with E-state index < -0.39 is 0 Å². The Labute approximate surface area is 180 Å². The van der Waals surface area contributed by atoms with Crippen LogP contribution in [0, 0.1) is 0 Å². The van der Waals surface area contributed by atoms with Crippen molar-refractivity contribution in [2.75, 3.05) is 37.6 Å². The second-order valence-electron chi connectivity index (χ2n) is 7.56. The third-order valence-corrected chi connectivity index (χ3v) is 7.00. The van der Waals surface area contributed by atoms with E-state index in [9.17, 15) is 9.59 Å². The Bertz CT molecular complexity index is 894. The Morgan fingerprint density at radius 3 is 2.66 bits per heavy atom. The third kappa shape index (κ3) is 4.47. The number of carbonyl (C=O) groups is 2. The molecule has 1 aromatic carbocycles. The summed E-state index contributed by atoms with van der Waals surface area (Å²) in [5, 5.41) is 3.40. The first-order valence-electron chi connectivity index (χ1n) is 10.0. The van der Waals surface area contributed by atoms with Crippen LogP contribution in [-0.2, 0) is 16.0 Å². The van der Waals surface area contributed by atoms with E-state index in [1.54, 1.807) is 4.90 Å². The predicted octanol–water partition coefficient (Wildman–Crippen LogP) is 3.37. The average molecular weight is 433 g/mol. The van der Waals surface area contributed by atoms with Gasteiger partial charge in [-0.25, -0.2) is 4.98 Å². The Morgan fingerprint density at radius 1 is 1.21 bits per heavy atom. The van der Waals surface area contributed by atoms with Crippen molar-refractivity contribution < 1.29 is 9.59 Å². The highest BCUT2D eigenvalue weighted by molar-refractivity contribution is 7.14. The maximum Gasteiger partial charge on any atom is 0.228 e. The number of thiazole rings is 1. The lowest BCUT2D eigenvalue weighted by Gasteiger charge is -2.38. The summed E-state index contributed by atoms with van der Waals surface area (Å²) in [6.07, 6.45) is 1.76. The number of halogens is 1. The lowest BCUT2D eigenvalue weighted by molar-refractivity contribution is -0.132. The molecule has 0 bridgehead atoms. The maximum absolute atomic E-state index is 12.7. The normalized spacial score (nSPS) is 19.0. The van der Waals surface area contributed by atoms with Crippen molar-refractivity contribution in [1.29, 1.82) is 0 Å². The van der Waals surface area contributed by atoms with Crippen LogP contribution in [0.15, 0.2) is 29.6 Å². The Kier molecular flexibility index (Phi) is 6.18. The highest BCUT2D eigenvalue weighted by Gasteiger charge is 2.27. The third-order valence-electron chi connectivity index (χ3n) is 5.75. The van der Waals surface area contributed by atoms with Crippen LogP contribution in [0.1, 0.15) is 37.1 Å². The second-order valence-corrected chi connectivity index (χ2v) is 8.81. The Hall–Kier alpha value is -1.96. The molecule has 2 saturated heterocycles. The zero-order chi connectivity index (χ0) is 20.4.